The molecule has 0 spiro atoms. The summed E-state index contributed by atoms with van der Waals surface area (Å²) in [6, 6.07) is 9.51. The molecule has 120 valence electrons. The number of rotatable bonds is 3. The summed E-state index contributed by atoms with van der Waals surface area (Å²) in [6.45, 7) is 0. The monoisotopic (exact) mass is 319 g/mol. The molecule has 2 heterocycles. The quantitative estimate of drug-likeness (QED) is 0.726. The zero-order valence-corrected chi connectivity index (χ0v) is 13.1. The van der Waals surface area contributed by atoms with Crippen LogP contribution < -0.4 is 10.9 Å². The van der Waals surface area contributed by atoms with E-state index in [9.17, 15) is 4.79 Å². The number of hydrogen-bond acceptors (Lipinski definition) is 5. The second kappa shape index (κ2) is 6.23. The van der Waals surface area contributed by atoms with Gasteiger partial charge in [-0.25, -0.2) is 9.97 Å². The number of nitrogens with zero attached hydrogens (tertiary/aromatic N) is 3. The first kappa shape index (κ1) is 14.6. The van der Waals surface area contributed by atoms with E-state index in [0.29, 0.717) is 11.5 Å². The second-order valence-corrected chi connectivity index (χ2v) is 5.79. The first-order valence-electron chi connectivity index (χ1n) is 8.07. The average Bonchev–Trinajstić information content (AvgIpc) is 2.65. The summed E-state index contributed by atoms with van der Waals surface area (Å²) in [7, 11) is 0. The maximum Gasteiger partial charge on any atom is 0.270 e. The molecule has 0 unspecified atom stereocenters. The van der Waals surface area contributed by atoms with Gasteiger partial charge < -0.3 is 0 Å². The third-order valence-corrected chi connectivity index (χ3v) is 4.25. The van der Waals surface area contributed by atoms with Gasteiger partial charge in [-0.1, -0.05) is 18.2 Å². The summed E-state index contributed by atoms with van der Waals surface area (Å²) in [5, 5.41) is 0.881. The van der Waals surface area contributed by atoms with E-state index in [0.717, 1.165) is 47.8 Å². The molecule has 2 aromatic heterocycles. The van der Waals surface area contributed by atoms with Crippen LogP contribution in [0.2, 0.25) is 0 Å². The van der Waals surface area contributed by atoms with Crippen LogP contribution in [0.1, 0.15) is 34.5 Å². The number of carbonyl (C=O) groups excluding carboxylic acids is 1. The van der Waals surface area contributed by atoms with Crippen molar-refractivity contribution in [3.8, 4) is 0 Å². The van der Waals surface area contributed by atoms with Crippen molar-refractivity contribution in [1.82, 2.24) is 20.4 Å². The van der Waals surface area contributed by atoms with Gasteiger partial charge in [-0.3, -0.25) is 20.6 Å². The van der Waals surface area contributed by atoms with Crippen molar-refractivity contribution in [3.05, 3.63) is 59.5 Å². The Morgan fingerprint density at radius 2 is 1.79 bits per heavy atom. The van der Waals surface area contributed by atoms with E-state index in [-0.39, 0.29) is 5.91 Å². The Kier molecular flexibility index (Phi) is 3.78. The average molecular weight is 319 g/mol. The Balaban J connectivity index is 1.73. The van der Waals surface area contributed by atoms with Crippen LogP contribution >= 0.6 is 0 Å². The molecule has 0 saturated carbocycles. The third kappa shape index (κ3) is 2.67. The number of para-hydroxylation sites is 1. The molecule has 1 aliphatic carbocycles. The number of hydrogen-bond donors (Lipinski definition) is 2. The van der Waals surface area contributed by atoms with E-state index in [1.54, 1.807) is 18.5 Å². The fourth-order valence-electron chi connectivity index (χ4n) is 3.17. The first-order valence-corrected chi connectivity index (χ1v) is 8.07. The predicted molar refractivity (Wildman–Crippen MR) is 91.5 cm³/mol. The minimum atomic E-state index is -0.181. The lowest BCUT2D eigenvalue weighted by atomic mass is 9.89. The summed E-state index contributed by atoms with van der Waals surface area (Å²) in [5.41, 5.74) is 9.16. The van der Waals surface area contributed by atoms with E-state index in [4.69, 9.17) is 4.98 Å². The van der Waals surface area contributed by atoms with Crippen LogP contribution in [0.25, 0.3) is 10.9 Å². The molecule has 0 atom stereocenters. The molecule has 0 saturated heterocycles. The molecule has 0 bridgehead atoms. The summed E-state index contributed by atoms with van der Waals surface area (Å²) in [6.07, 6.45) is 7.25. The van der Waals surface area contributed by atoms with Crippen molar-refractivity contribution in [2.24, 2.45) is 0 Å². The van der Waals surface area contributed by atoms with Gasteiger partial charge >= 0.3 is 0 Å². The minimum absolute atomic E-state index is 0.181. The molecule has 6 nitrogen and oxygen atoms in total. The molecule has 0 radical (unpaired) electrons. The van der Waals surface area contributed by atoms with Crippen molar-refractivity contribution in [2.45, 2.75) is 25.7 Å². The molecule has 1 aliphatic rings. The van der Waals surface area contributed by atoms with Crippen molar-refractivity contribution < 1.29 is 4.79 Å². The number of anilines is 1. The van der Waals surface area contributed by atoms with Crippen LogP contribution in [-0.4, -0.2) is 20.9 Å². The Hall–Kier alpha value is -3.02. The number of benzene rings is 1. The highest BCUT2D eigenvalue weighted by molar-refractivity contribution is 6.08. The van der Waals surface area contributed by atoms with Crippen molar-refractivity contribution in [1.29, 1.82) is 0 Å². The van der Waals surface area contributed by atoms with Crippen molar-refractivity contribution >= 4 is 22.8 Å². The van der Waals surface area contributed by atoms with E-state index in [1.807, 2.05) is 24.3 Å². The fourth-order valence-corrected chi connectivity index (χ4v) is 3.17. The molecule has 3 aromatic rings. The van der Waals surface area contributed by atoms with Crippen LogP contribution in [0.4, 0.5) is 5.95 Å². The minimum Gasteiger partial charge on any atom is -0.267 e. The number of amides is 1. The zero-order valence-electron chi connectivity index (χ0n) is 13.1. The number of nitrogens with one attached hydrogen (secondary N) is 2. The van der Waals surface area contributed by atoms with Crippen LogP contribution in [0.3, 0.4) is 0 Å². The van der Waals surface area contributed by atoms with Gasteiger partial charge in [-0.05, 0) is 43.4 Å². The number of carbonyl (C=O) groups is 1. The normalized spacial score (nSPS) is 13.3. The molecular weight excluding hydrogens is 302 g/mol. The van der Waals surface area contributed by atoms with Crippen LogP contribution in [0.15, 0.2) is 42.7 Å². The highest BCUT2D eigenvalue weighted by Gasteiger charge is 2.22. The fraction of sp³-hybridized carbons (Fsp3) is 0.222. The molecule has 2 N–H and O–H groups in total. The topological polar surface area (TPSA) is 79.8 Å². The lowest BCUT2D eigenvalue weighted by molar-refractivity contribution is 0.0962. The number of aromatic nitrogens is 3. The predicted octanol–water partition coefficient (Wildman–Crippen LogP) is 2.66. The van der Waals surface area contributed by atoms with Gasteiger partial charge in [-0.2, -0.15) is 0 Å². The van der Waals surface area contributed by atoms with Crippen LogP contribution in [0, 0.1) is 0 Å². The van der Waals surface area contributed by atoms with Crippen molar-refractivity contribution in [2.75, 3.05) is 5.43 Å². The highest BCUT2D eigenvalue weighted by atomic mass is 16.2. The van der Waals surface area contributed by atoms with E-state index in [2.05, 4.69) is 20.8 Å². The SMILES string of the molecule is O=C(NNc1ncccn1)c1c2c(nc3ccccc13)CCCC2. The number of fused-ring (bicyclic) bond motifs is 2. The number of hydrazine groups is 1. The standard InChI is InChI=1S/C18H17N5O/c24-17(22-23-18-19-10-5-11-20-18)16-12-6-1-3-8-14(12)21-15-9-4-2-7-13(15)16/h1,3,5-6,8,10-11H,2,4,7,9H2,(H,22,24)(H,19,20,23). The van der Waals surface area contributed by atoms with Gasteiger partial charge in [0.05, 0.1) is 11.1 Å². The van der Waals surface area contributed by atoms with Gasteiger partial charge in [0.2, 0.25) is 5.95 Å². The smallest absolute Gasteiger partial charge is 0.267 e. The maximum atomic E-state index is 12.8. The van der Waals surface area contributed by atoms with Gasteiger partial charge in [0.25, 0.3) is 5.91 Å². The van der Waals surface area contributed by atoms with Crippen molar-refractivity contribution in [3.63, 3.8) is 0 Å². The lowest BCUT2D eigenvalue weighted by Crippen LogP contribution is -2.32. The zero-order chi connectivity index (χ0) is 16.4. The van der Waals surface area contributed by atoms with Gasteiger partial charge in [0.15, 0.2) is 0 Å². The highest BCUT2D eigenvalue weighted by Crippen LogP contribution is 2.29. The van der Waals surface area contributed by atoms with Gasteiger partial charge in [0, 0.05) is 23.5 Å². The van der Waals surface area contributed by atoms with Crippen LogP contribution in [0.5, 0.6) is 0 Å². The van der Waals surface area contributed by atoms with E-state index < -0.39 is 0 Å². The van der Waals surface area contributed by atoms with Gasteiger partial charge in [-0.15, -0.1) is 0 Å². The molecular formula is C18H17N5O. The van der Waals surface area contributed by atoms with E-state index in [1.165, 1.54) is 0 Å². The lowest BCUT2D eigenvalue weighted by Gasteiger charge is -2.20. The van der Waals surface area contributed by atoms with E-state index >= 15 is 0 Å². The van der Waals surface area contributed by atoms with Crippen LogP contribution in [-0.2, 0) is 12.8 Å². The molecule has 6 heteroatoms. The summed E-state index contributed by atoms with van der Waals surface area (Å²) < 4.78 is 0. The van der Waals surface area contributed by atoms with Gasteiger partial charge in [0.1, 0.15) is 0 Å². The molecule has 1 aromatic carbocycles. The summed E-state index contributed by atoms with van der Waals surface area (Å²) in [5.74, 6) is 0.178. The Morgan fingerprint density at radius 3 is 2.67 bits per heavy atom. The molecule has 1 amide bonds. The Labute approximate surface area is 139 Å². The largest absolute Gasteiger partial charge is 0.270 e. The Bertz CT molecular complexity index is 895. The molecule has 4 rings (SSSR count). The maximum absolute atomic E-state index is 12.8. The number of pyridine rings is 1. The summed E-state index contributed by atoms with van der Waals surface area (Å²) in [4.78, 5) is 25.7. The second-order valence-electron chi connectivity index (χ2n) is 5.79. The molecule has 0 aliphatic heterocycles. The summed E-state index contributed by atoms with van der Waals surface area (Å²) >= 11 is 0. The molecule has 24 heavy (non-hydrogen) atoms. The molecule has 0 fully saturated rings. The number of aryl methyl sites for hydroxylation is 1. The first-order chi connectivity index (χ1) is 11.8. The Morgan fingerprint density at radius 1 is 1.00 bits per heavy atom. The third-order valence-electron chi connectivity index (χ3n) is 4.25.